The van der Waals surface area contributed by atoms with Gasteiger partial charge in [0.05, 0.1) is 28.0 Å². The lowest BCUT2D eigenvalue weighted by Gasteiger charge is -2.24. The number of carboxylic acid groups (broad SMARTS) is 1. The minimum atomic E-state index is -1.07. The molecule has 5 nitrogen and oxygen atoms in total. The third-order valence-corrected chi connectivity index (χ3v) is 6.31. The van der Waals surface area contributed by atoms with Crippen molar-refractivity contribution >= 4 is 29.0 Å². The van der Waals surface area contributed by atoms with Crippen molar-refractivity contribution in [1.82, 2.24) is 0 Å². The minimum absolute atomic E-state index is 0.0551. The zero-order valence-electron chi connectivity index (χ0n) is 18.8. The van der Waals surface area contributed by atoms with Gasteiger partial charge in [0.15, 0.2) is 0 Å². The zero-order valence-corrected chi connectivity index (χ0v) is 19.6. The van der Waals surface area contributed by atoms with Crippen LogP contribution in [-0.2, 0) is 6.61 Å². The maximum Gasteiger partial charge on any atom is 0.337 e. The summed E-state index contributed by atoms with van der Waals surface area (Å²) < 4.78 is 5.92. The number of carboxylic acids is 1. The van der Waals surface area contributed by atoms with Gasteiger partial charge in [-0.15, -0.1) is 0 Å². The summed E-state index contributed by atoms with van der Waals surface area (Å²) in [5.74, 6) is -0.279. The normalized spacial score (nSPS) is 15.1. The fourth-order valence-corrected chi connectivity index (χ4v) is 4.36. The third kappa shape index (κ3) is 5.05. The molecule has 174 valence electrons. The van der Waals surface area contributed by atoms with Gasteiger partial charge in [0.25, 0.3) is 0 Å². The van der Waals surface area contributed by atoms with Gasteiger partial charge in [-0.2, -0.15) is 5.10 Å². The maximum atomic E-state index is 11.7. The molecule has 1 N–H and O–H groups in total. The van der Waals surface area contributed by atoms with Crippen LogP contribution in [0.2, 0.25) is 5.02 Å². The molecule has 0 radical (unpaired) electrons. The van der Waals surface area contributed by atoms with Gasteiger partial charge in [-0.1, -0.05) is 72.3 Å². The van der Waals surface area contributed by atoms with Gasteiger partial charge in [0, 0.05) is 6.42 Å². The number of rotatable bonds is 7. The van der Waals surface area contributed by atoms with Gasteiger partial charge in [-0.3, -0.25) is 5.01 Å². The van der Waals surface area contributed by atoms with Gasteiger partial charge < -0.3 is 9.84 Å². The van der Waals surface area contributed by atoms with Crippen LogP contribution in [0.25, 0.3) is 0 Å². The van der Waals surface area contributed by atoms with E-state index < -0.39 is 5.97 Å². The highest BCUT2D eigenvalue weighted by molar-refractivity contribution is 6.33. The van der Waals surface area contributed by atoms with E-state index in [1.54, 1.807) is 18.2 Å². The molecular formula is C29H23ClN2O3. The Morgan fingerprint density at radius 3 is 2.31 bits per heavy atom. The SMILES string of the molecule is O=C(O)c1cc(N2N=C(c3ccc(OCc4ccccc4)cc3)CC2c2ccccc2)ccc1Cl. The van der Waals surface area contributed by atoms with E-state index in [9.17, 15) is 9.90 Å². The number of nitrogens with zero attached hydrogens (tertiary/aromatic N) is 2. The van der Waals surface area contributed by atoms with Crippen molar-refractivity contribution in [2.45, 2.75) is 19.1 Å². The predicted molar refractivity (Wildman–Crippen MR) is 138 cm³/mol. The largest absolute Gasteiger partial charge is 0.489 e. The average Bonchev–Trinajstić information content (AvgIpc) is 3.34. The Morgan fingerprint density at radius 1 is 0.943 bits per heavy atom. The molecule has 1 unspecified atom stereocenters. The number of ether oxygens (including phenoxy) is 1. The second-order valence-electron chi connectivity index (χ2n) is 8.29. The Kier molecular flexibility index (Phi) is 6.51. The number of hydrazone groups is 1. The first-order valence-electron chi connectivity index (χ1n) is 11.3. The lowest BCUT2D eigenvalue weighted by Crippen LogP contribution is -2.19. The minimum Gasteiger partial charge on any atom is -0.489 e. The molecule has 6 heteroatoms. The topological polar surface area (TPSA) is 62.1 Å². The van der Waals surface area contributed by atoms with Crippen molar-refractivity contribution in [2.24, 2.45) is 5.10 Å². The molecule has 0 aromatic heterocycles. The van der Waals surface area contributed by atoms with E-state index in [1.807, 2.05) is 77.8 Å². The Balaban J connectivity index is 1.42. The second kappa shape index (κ2) is 10.0. The number of carbonyl (C=O) groups is 1. The monoisotopic (exact) mass is 482 g/mol. The predicted octanol–water partition coefficient (Wildman–Crippen LogP) is 6.97. The molecule has 4 aromatic rings. The smallest absolute Gasteiger partial charge is 0.337 e. The number of aromatic carboxylic acids is 1. The van der Waals surface area contributed by atoms with Gasteiger partial charge in [0.1, 0.15) is 12.4 Å². The maximum absolute atomic E-state index is 11.7. The first-order chi connectivity index (χ1) is 17.1. The molecule has 0 spiro atoms. The van der Waals surface area contributed by atoms with Gasteiger partial charge in [-0.05, 0) is 59.2 Å². The highest BCUT2D eigenvalue weighted by atomic mass is 35.5. The molecule has 0 fully saturated rings. The number of halogens is 1. The molecule has 1 atom stereocenters. The molecule has 4 aromatic carbocycles. The molecule has 35 heavy (non-hydrogen) atoms. The summed E-state index contributed by atoms with van der Waals surface area (Å²) in [6, 6.07) is 33.0. The van der Waals surface area contributed by atoms with Crippen LogP contribution in [0.4, 0.5) is 5.69 Å². The van der Waals surface area contributed by atoms with Crippen molar-refractivity contribution < 1.29 is 14.6 Å². The van der Waals surface area contributed by atoms with E-state index in [1.165, 1.54) is 0 Å². The van der Waals surface area contributed by atoms with Crippen molar-refractivity contribution in [1.29, 1.82) is 0 Å². The van der Waals surface area contributed by atoms with Gasteiger partial charge in [0.2, 0.25) is 0 Å². The van der Waals surface area contributed by atoms with Crippen LogP contribution in [0.5, 0.6) is 5.75 Å². The van der Waals surface area contributed by atoms with Gasteiger partial charge >= 0.3 is 5.97 Å². The van der Waals surface area contributed by atoms with Crippen LogP contribution in [-0.4, -0.2) is 16.8 Å². The first-order valence-corrected chi connectivity index (χ1v) is 11.7. The van der Waals surface area contributed by atoms with Crippen LogP contribution in [0.1, 0.15) is 39.5 Å². The highest BCUT2D eigenvalue weighted by Crippen LogP contribution is 2.38. The first kappa shape index (κ1) is 22.7. The summed E-state index contributed by atoms with van der Waals surface area (Å²) in [7, 11) is 0. The van der Waals surface area contributed by atoms with E-state index in [4.69, 9.17) is 21.4 Å². The van der Waals surface area contributed by atoms with E-state index in [-0.39, 0.29) is 16.6 Å². The molecular weight excluding hydrogens is 460 g/mol. The number of hydrogen-bond donors (Lipinski definition) is 1. The number of benzene rings is 4. The van der Waals surface area contributed by atoms with Crippen LogP contribution in [0.15, 0.2) is 108 Å². The molecule has 0 saturated carbocycles. The Labute approximate surface area is 208 Å². The lowest BCUT2D eigenvalue weighted by molar-refractivity contribution is 0.0697. The van der Waals surface area contributed by atoms with Crippen molar-refractivity contribution in [3.63, 3.8) is 0 Å². The quantitative estimate of drug-likeness (QED) is 0.309. The van der Waals surface area contributed by atoms with Crippen LogP contribution < -0.4 is 9.75 Å². The fraction of sp³-hybridized carbons (Fsp3) is 0.103. The average molecular weight is 483 g/mol. The molecule has 1 aliphatic heterocycles. The van der Waals surface area contributed by atoms with Crippen molar-refractivity contribution in [3.8, 4) is 5.75 Å². The Bertz CT molecular complexity index is 1360. The number of anilines is 1. The lowest BCUT2D eigenvalue weighted by atomic mass is 9.98. The van der Waals surface area contributed by atoms with Crippen molar-refractivity contribution in [3.05, 3.63) is 130 Å². The summed E-state index contributed by atoms with van der Waals surface area (Å²) >= 11 is 6.11. The number of hydrogen-bond acceptors (Lipinski definition) is 4. The van der Waals surface area contributed by atoms with E-state index >= 15 is 0 Å². The van der Waals surface area contributed by atoms with Crippen LogP contribution in [0.3, 0.4) is 0 Å². The highest BCUT2D eigenvalue weighted by Gasteiger charge is 2.30. The molecule has 0 saturated heterocycles. The third-order valence-electron chi connectivity index (χ3n) is 5.98. The van der Waals surface area contributed by atoms with E-state index in [0.717, 1.165) is 28.2 Å². The zero-order chi connectivity index (χ0) is 24.2. The molecule has 0 aliphatic carbocycles. The van der Waals surface area contributed by atoms with E-state index in [0.29, 0.717) is 18.7 Å². The summed E-state index contributed by atoms with van der Waals surface area (Å²) in [6.45, 7) is 0.507. The molecule has 1 heterocycles. The molecule has 0 amide bonds. The second-order valence-corrected chi connectivity index (χ2v) is 8.70. The van der Waals surface area contributed by atoms with Crippen LogP contribution >= 0.6 is 11.6 Å². The van der Waals surface area contributed by atoms with E-state index in [2.05, 4.69) is 12.1 Å². The standard InChI is InChI=1S/C29H23ClN2O3/c30-26-16-13-23(17-25(26)29(33)34)32-28(22-9-5-2-6-10-22)18-27(31-32)21-11-14-24(15-12-21)35-19-20-7-3-1-4-8-20/h1-17,28H,18-19H2,(H,33,34). The summed E-state index contributed by atoms with van der Waals surface area (Å²) in [5, 5.41) is 16.5. The Morgan fingerprint density at radius 2 is 1.63 bits per heavy atom. The Hall–Kier alpha value is -4.09. The summed E-state index contributed by atoms with van der Waals surface area (Å²) in [5.41, 5.74) is 4.86. The van der Waals surface area contributed by atoms with Crippen LogP contribution in [0, 0.1) is 0 Å². The molecule has 0 bridgehead atoms. The molecule has 1 aliphatic rings. The fourth-order valence-electron chi connectivity index (χ4n) is 4.16. The van der Waals surface area contributed by atoms with Gasteiger partial charge in [-0.25, -0.2) is 4.79 Å². The van der Waals surface area contributed by atoms with Crippen molar-refractivity contribution in [2.75, 3.05) is 5.01 Å². The summed E-state index contributed by atoms with van der Waals surface area (Å²) in [6.07, 6.45) is 0.680. The summed E-state index contributed by atoms with van der Waals surface area (Å²) in [4.78, 5) is 11.7. The molecule has 5 rings (SSSR count).